The van der Waals surface area contributed by atoms with Gasteiger partial charge in [-0.2, -0.15) is 0 Å². The lowest BCUT2D eigenvalue weighted by molar-refractivity contribution is 0.0696. The van der Waals surface area contributed by atoms with Crippen molar-refractivity contribution in [2.45, 2.75) is 24.7 Å². The maximum Gasteiger partial charge on any atom is 0.335 e. The van der Waals surface area contributed by atoms with Crippen LogP contribution in [0.5, 0.6) is 0 Å². The molecule has 118 valence electrons. The van der Waals surface area contributed by atoms with E-state index in [4.69, 9.17) is 5.11 Å². The summed E-state index contributed by atoms with van der Waals surface area (Å²) >= 11 is 1.56. The van der Waals surface area contributed by atoms with Crippen LogP contribution in [-0.2, 0) is 22.9 Å². The van der Waals surface area contributed by atoms with Crippen molar-refractivity contribution >= 4 is 27.3 Å². The van der Waals surface area contributed by atoms with Crippen LogP contribution < -0.4 is 4.72 Å². The lowest BCUT2D eigenvalue weighted by Crippen LogP contribution is -2.26. The summed E-state index contributed by atoms with van der Waals surface area (Å²) in [6.45, 7) is 2.26. The zero-order valence-corrected chi connectivity index (χ0v) is 13.6. The van der Waals surface area contributed by atoms with Crippen LogP contribution >= 0.6 is 11.3 Å². The van der Waals surface area contributed by atoms with Gasteiger partial charge in [-0.3, -0.25) is 0 Å². The molecule has 8 heteroatoms. The lowest BCUT2D eigenvalue weighted by Gasteiger charge is -2.06. The average Bonchev–Trinajstić information content (AvgIpc) is 2.95. The third-order valence-corrected chi connectivity index (χ3v) is 5.63. The first-order chi connectivity index (χ1) is 10.4. The summed E-state index contributed by atoms with van der Waals surface area (Å²) in [6.07, 6.45) is 3.21. The van der Waals surface area contributed by atoms with Gasteiger partial charge in [0.1, 0.15) is 0 Å². The predicted octanol–water partition coefficient (Wildman–Crippen LogP) is 1.92. The van der Waals surface area contributed by atoms with Gasteiger partial charge >= 0.3 is 5.97 Å². The maximum atomic E-state index is 12.1. The van der Waals surface area contributed by atoms with Gasteiger partial charge in [-0.25, -0.2) is 22.9 Å². The van der Waals surface area contributed by atoms with E-state index in [0.29, 0.717) is 6.42 Å². The minimum atomic E-state index is -3.72. The number of hydrogen-bond donors (Lipinski definition) is 2. The second-order valence-corrected chi connectivity index (χ2v) is 7.52. The molecule has 2 N–H and O–H groups in total. The predicted molar refractivity (Wildman–Crippen MR) is 83.8 cm³/mol. The van der Waals surface area contributed by atoms with Crippen molar-refractivity contribution in [3.63, 3.8) is 0 Å². The van der Waals surface area contributed by atoms with Gasteiger partial charge in [0.05, 0.1) is 15.5 Å². The van der Waals surface area contributed by atoms with E-state index in [9.17, 15) is 13.2 Å². The Kier molecular flexibility index (Phi) is 5.28. The van der Waals surface area contributed by atoms with Crippen molar-refractivity contribution < 1.29 is 18.3 Å². The molecule has 0 aliphatic carbocycles. The average molecular weight is 340 g/mol. The van der Waals surface area contributed by atoms with Crippen LogP contribution in [0.3, 0.4) is 0 Å². The molecule has 0 amide bonds. The lowest BCUT2D eigenvalue weighted by atomic mass is 10.2. The summed E-state index contributed by atoms with van der Waals surface area (Å²) in [6, 6.07) is 5.27. The molecule has 22 heavy (non-hydrogen) atoms. The first kappa shape index (κ1) is 16.6. The Hall–Kier alpha value is -1.77. The van der Waals surface area contributed by atoms with Crippen molar-refractivity contribution in [1.82, 2.24) is 9.71 Å². The second kappa shape index (κ2) is 6.99. The summed E-state index contributed by atoms with van der Waals surface area (Å²) in [5, 5.41) is 9.78. The molecule has 1 aromatic carbocycles. The molecule has 0 bridgehead atoms. The number of carboxylic acids is 1. The number of aryl methyl sites for hydroxylation is 1. The monoisotopic (exact) mass is 340 g/mol. The van der Waals surface area contributed by atoms with Gasteiger partial charge < -0.3 is 5.11 Å². The Balaban J connectivity index is 2.01. The van der Waals surface area contributed by atoms with Gasteiger partial charge in [0.15, 0.2) is 0 Å². The fourth-order valence-electron chi connectivity index (χ4n) is 1.80. The largest absolute Gasteiger partial charge is 0.478 e. The van der Waals surface area contributed by atoms with E-state index in [0.717, 1.165) is 22.4 Å². The SMILES string of the molecule is CCc1cnc(CCNS(=O)(=O)c2cccc(C(=O)O)c2)s1. The normalized spacial score (nSPS) is 11.5. The van der Waals surface area contributed by atoms with E-state index in [2.05, 4.69) is 9.71 Å². The number of carbonyl (C=O) groups is 1. The first-order valence-electron chi connectivity index (χ1n) is 6.69. The van der Waals surface area contributed by atoms with Gasteiger partial charge in [-0.15, -0.1) is 11.3 Å². The Morgan fingerprint density at radius 2 is 2.18 bits per heavy atom. The molecule has 2 aromatic rings. The third-order valence-electron chi connectivity index (χ3n) is 2.97. The van der Waals surface area contributed by atoms with E-state index in [1.54, 1.807) is 17.5 Å². The van der Waals surface area contributed by atoms with E-state index in [-0.39, 0.29) is 17.0 Å². The number of carboxylic acid groups (broad SMARTS) is 1. The molecule has 0 fully saturated rings. The molecule has 0 saturated heterocycles. The number of sulfonamides is 1. The highest BCUT2D eigenvalue weighted by Gasteiger charge is 2.15. The van der Waals surface area contributed by atoms with Crippen LogP contribution in [0.25, 0.3) is 0 Å². The zero-order chi connectivity index (χ0) is 16.2. The van der Waals surface area contributed by atoms with E-state index >= 15 is 0 Å². The number of thiazole rings is 1. The molecular formula is C14H16N2O4S2. The molecule has 0 unspecified atom stereocenters. The van der Waals surface area contributed by atoms with Crippen molar-refractivity contribution in [3.05, 3.63) is 45.9 Å². The smallest absolute Gasteiger partial charge is 0.335 e. The van der Waals surface area contributed by atoms with Gasteiger partial charge in [0.25, 0.3) is 0 Å². The summed E-state index contributed by atoms with van der Waals surface area (Å²) in [5.41, 5.74) is -0.0598. The van der Waals surface area contributed by atoms with Gasteiger partial charge in [-0.1, -0.05) is 13.0 Å². The molecule has 1 aromatic heterocycles. The molecule has 0 radical (unpaired) electrons. The Labute approximate surface area is 132 Å². The number of nitrogens with zero attached hydrogens (tertiary/aromatic N) is 1. The number of aromatic nitrogens is 1. The highest BCUT2D eigenvalue weighted by molar-refractivity contribution is 7.89. The van der Waals surface area contributed by atoms with E-state index in [1.807, 2.05) is 6.92 Å². The van der Waals surface area contributed by atoms with Crippen molar-refractivity contribution in [3.8, 4) is 0 Å². The van der Waals surface area contributed by atoms with Crippen LogP contribution in [0.15, 0.2) is 35.4 Å². The summed E-state index contributed by atoms with van der Waals surface area (Å²) in [4.78, 5) is 16.2. The minimum absolute atomic E-state index is 0.0548. The quantitative estimate of drug-likeness (QED) is 0.803. The number of benzene rings is 1. The standard InChI is InChI=1S/C14H16N2O4S2/c1-2-11-9-15-13(21-11)6-7-16-22(19,20)12-5-3-4-10(8-12)14(17)18/h3-5,8-9,16H,2,6-7H2,1H3,(H,17,18). The molecular weight excluding hydrogens is 324 g/mol. The third kappa shape index (κ3) is 4.12. The number of aromatic carboxylic acids is 1. The number of nitrogens with one attached hydrogen (secondary N) is 1. The van der Waals surface area contributed by atoms with Crippen LogP contribution in [-0.4, -0.2) is 31.0 Å². The highest BCUT2D eigenvalue weighted by atomic mass is 32.2. The molecule has 0 spiro atoms. The van der Waals surface area contributed by atoms with Crippen molar-refractivity contribution in [2.75, 3.05) is 6.54 Å². The Morgan fingerprint density at radius 3 is 2.82 bits per heavy atom. The van der Waals surface area contributed by atoms with Crippen LogP contribution in [0.2, 0.25) is 0 Å². The zero-order valence-electron chi connectivity index (χ0n) is 11.9. The molecule has 1 heterocycles. The fourth-order valence-corrected chi connectivity index (χ4v) is 3.74. The van der Waals surface area contributed by atoms with E-state index in [1.165, 1.54) is 18.2 Å². The highest BCUT2D eigenvalue weighted by Crippen LogP contribution is 2.14. The van der Waals surface area contributed by atoms with Crippen LogP contribution in [0, 0.1) is 0 Å². The number of rotatable bonds is 7. The molecule has 6 nitrogen and oxygen atoms in total. The minimum Gasteiger partial charge on any atom is -0.478 e. The topological polar surface area (TPSA) is 96.4 Å². The second-order valence-electron chi connectivity index (χ2n) is 4.55. The summed E-state index contributed by atoms with van der Waals surface area (Å²) in [5.74, 6) is -1.16. The summed E-state index contributed by atoms with van der Waals surface area (Å²) in [7, 11) is -3.72. The summed E-state index contributed by atoms with van der Waals surface area (Å²) < 4.78 is 26.7. The number of hydrogen-bond acceptors (Lipinski definition) is 5. The van der Waals surface area contributed by atoms with Gasteiger partial charge in [0.2, 0.25) is 10.0 Å². The van der Waals surface area contributed by atoms with Crippen LogP contribution in [0.1, 0.15) is 27.2 Å². The van der Waals surface area contributed by atoms with E-state index < -0.39 is 16.0 Å². The van der Waals surface area contributed by atoms with Gasteiger partial charge in [0, 0.05) is 24.0 Å². The van der Waals surface area contributed by atoms with Crippen molar-refractivity contribution in [2.24, 2.45) is 0 Å². The maximum absolute atomic E-state index is 12.1. The molecule has 0 saturated carbocycles. The molecule has 2 rings (SSSR count). The molecule has 0 aliphatic rings. The van der Waals surface area contributed by atoms with Gasteiger partial charge in [-0.05, 0) is 24.6 Å². The first-order valence-corrected chi connectivity index (χ1v) is 8.99. The fraction of sp³-hybridized carbons (Fsp3) is 0.286. The Bertz CT molecular complexity index is 769. The Morgan fingerprint density at radius 1 is 1.41 bits per heavy atom. The molecule has 0 atom stereocenters. The van der Waals surface area contributed by atoms with Crippen LogP contribution in [0.4, 0.5) is 0 Å². The molecule has 0 aliphatic heterocycles. The van der Waals surface area contributed by atoms with Crippen molar-refractivity contribution in [1.29, 1.82) is 0 Å².